The molecule has 2 aromatic rings. The zero-order valence-electron chi connectivity index (χ0n) is 10.5. The Balaban J connectivity index is 1.99. The monoisotopic (exact) mass is 254 g/mol. The largest absolute Gasteiger partial charge is 0.381 e. The summed E-state index contributed by atoms with van der Waals surface area (Å²) < 4.78 is 0. The molecule has 96 valence electrons. The summed E-state index contributed by atoms with van der Waals surface area (Å²) in [6.45, 7) is 1.95. The third-order valence-corrected chi connectivity index (χ3v) is 2.38. The summed E-state index contributed by atoms with van der Waals surface area (Å²) in [5, 5.41) is 0. The highest BCUT2D eigenvalue weighted by atomic mass is 16.7. The Morgan fingerprint density at radius 3 is 2.89 bits per heavy atom. The molecule has 0 aliphatic heterocycles. The average molecular weight is 254 g/mol. The van der Waals surface area contributed by atoms with E-state index in [0.29, 0.717) is 5.69 Å². The molecule has 0 aliphatic rings. The van der Waals surface area contributed by atoms with Crippen LogP contribution in [0.4, 0.5) is 5.69 Å². The van der Waals surface area contributed by atoms with Gasteiger partial charge in [-0.15, -0.1) is 0 Å². The number of rotatable bonds is 4. The molecule has 0 saturated heterocycles. The van der Waals surface area contributed by atoms with Gasteiger partial charge in [0.05, 0.1) is 5.69 Å². The van der Waals surface area contributed by atoms with Gasteiger partial charge >= 0.3 is 5.97 Å². The fourth-order valence-electron chi connectivity index (χ4n) is 1.54. The number of nitrogens with zero attached hydrogens (tertiary/aromatic N) is 1. The van der Waals surface area contributed by atoms with E-state index in [2.05, 4.69) is 10.5 Å². The van der Waals surface area contributed by atoms with E-state index in [1.807, 2.05) is 43.3 Å². The summed E-state index contributed by atoms with van der Waals surface area (Å²) in [6, 6.07) is 12.6. The van der Waals surface area contributed by atoms with Gasteiger partial charge in [0.15, 0.2) is 5.69 Å². The second-order valence-electron chi connectivity index (χ2n) is 3.83. The first kappa shape index (κ1) is 12.8. The van der Waals surface area contributed by atoms with Crippen molar-refractivity contribution in [3.05, 3.63) is 66.0 Å². The maximum atomic E-state index is 11.7. The maximum Gasteiger partial charge on any atom is 0.381 e. The van der Waals surface area contributed by atoms with E-state index in [0.717, 1.165) is 5.56 Å². The first-order valence-electron chi connectivity index (χ1n) is 5.90. The second kappa shape index (κ2) is 6.35. The summed E-state index contributed by atoms with van der Waals surface area (Å²) in [5.41, 5.74) is 4.62. The molecule has 0 atom stereocenters. The van der Waals surface area contributed by atoms with E-state index in [-0.39, 0.29) is 5.69 Å². The molecule has 0 fully saturated rings. The minimum atomic E-state index is -0.517. The van der Waals surface area contributed by atoms with Crippen LogP contribution in [0.5, 0.6) is 0 Å². The lowest BCUT2D eigenvalue weighted by molar-refractivity contribution is 0.0590. The van der Waals surface area contributed by atoms with Gasteiger partial charge in [-0.2, -0.15) is 0 Å². The highest BCUT2D eigenvalue weighted by molar-refractivity contribution is 5.87. The van der Waals surface area contributed by atoms with Crippen LogP contribution in [0.25, 0.3) is 6.08 Å². The van der Waals surface area contributed by atoms with E-state index in [1.54, 1.807) is 24.4 Å². The van der Waals surface area contributed by atoms with Gasteiger partial charge in [-0.3, -0.25) is 0 Å². The van der Waals surface area contributed by atoms with E-state index >= 15 is 0 Å². The van der Waals surface area contributed by atoms with Crippen LogP contribution in [0.15, 0.2) is 54.7 Å². The number of allylic oxidation sites excluding steroid dienone is 1. The number of nitrogens with one attached hydrogen (secondary N) is 1. The number of hydrogen-bond donors (Lipinski definition) is 1. The molecule has 0 amide bonds. The van der Waals surface area contributed by atoms with Crippen molar-refractivity contribution in [2.24, 2.45) is 0 Å². The Labute approximate surface area is 111 Å². The molecule has 0 aliphatic carbocycles. The number of benzene rings is 1. The summed E-state index contributed by atoms with van der Waals surface area (Å²) in [6.07, 6.45) is 5.45. The van der Waals surface area contributed by atoms with Crippen molar-refractivity contribution in [3.8, 4) is 0 Å². The molecule has 0 unspecified atom stereocenters. The molecule has 1 heterocycles. The predicted molar refractivity (Wildman–Crippen MR) is 74.4 cm³/mol. The SMILES string of the molecule is CC=Cc1cccc(NOC(=O)c2ccccn2)c1. The average Bonchev–Trinajstić information content (AvgIpc) is 2.46. The predicted octanol–water partition coefficient (Wildman–Crippen LogP) is 3.30. The molecule has 19 heavy (non-hydrogen) atoms. The Morgan fingerprint density at radius 1 is 1.26 bits per heavy atom. The molecular weight excluding hydrogens is 240 g/mol. The Morgan fingerprint density at radius 2 is 2.16 bits per heavy atom. The van der Waals surface area contributed by atoms with Gasteiger partial charge in [0.2, 0.25) is 0 Å². The Bertz CT molecular complexity index is 580. The van der Waals surface area contributed by atoms with Crippen molar-refractivity contribution in [2.75, 3.05) is 5.48 Å². The first-order chi connectivity index (χ1) is 9.29. The smallest absolute Gasteiger partial charge is 0.336 e. The number of pyridine rings is 1. The molecule has 0 radical (unpaired) electrons. The summed E-state index contributed by atoms with van der Waals surface area (Å²) in [7, 11) is 0. The minimum Gasteiger partial charge on any atom is -0.336 e. The van der Waals surface area contributed by atoms with Crippen LogP contribution in [-0.2, 0) is 4.84 Å². The standard InChI is InChI=1S/C15H14N2O2/c1-2-6-12-7-5-8-13(11-12)17-19-15(18)14-9-3-4-10-16-14/h2-11,17H,1H3. The Hall–Kier alpha value is -2.62. The van der Waals surface area contributed by atoms with E-state index < -0.39 is 5.97 Å². The number of hydrogen-bond acceptors (Lipinski definition) is 4. The van der Waals surface area contributed by atoms with Crippen molar-refractivity contribution in [1.29, 1.82) is 0 Å². The van der Waals surface area contributed by atoms with Gasteiger partial charge in [0, 0.05) is 6.20 Å². The minimum absolute atomic E-state index is 0.264. The van der Waals surface area contributed by atoms with Crippen molar-refractivity contribution in [1.82, 2.24) is 4.98 Å². The molecule has 2 rings (SSSR count). The van der Waals surface area contributed by atoms with Crippen LogP contribution in [-0.4, -0.2) is 11.0 Å². The third kappa shape index (κ3) is 3.67. The summed E-state index contributed by atoms with van der Waals surface area (Å²) in [5.74, 6) is -0.517. The van der Waals surface area contributed by atoms with Crippen LogP contribution < -0.4 is 5.48 Å². The quantitative estimate of drug-likeness (QED) is 0.850. The van der Waals surface area contributed by atoms with Gasteiger partial charge in [0.25, 0.3) is 0 Å². The van der Waals surface area contributed by atoms with Gasteiger partial charge < -0.3 is 4.84 Å². The van der Waals surface area contributed by atoms with Crippen LogP contribution in [0.2, 0.25) is 0 Å². The number of aromatic nitrogens is 1. The molecule has 0 bridgehead atoms. The van der Waals surface area contributed by atoms with Crippen LogP contribution >= 0.6 is 0 Å². The first-order valence-corrected chi connectivity index (χ1v) is 5.90. The molecule has 1 aromatic heterocycles. The molecule has 1 aromatic carbocycles. The fraction of sp³-hybridized carbons (Fsp3) is 0.0667. The highest BCUT2D eigenvalue weighted by Crippen LogP contribution is 2.12. The maximum absolute atomic E-state index is 11.7. The summed E-state index contributed by atoms with van der Waals surface area (Å²) in [4.78, 5) is 20.6. The molecule has 0 spiro atoms. The summed E-state index contributed by atoms with van der Waals surface area (Å²) >= 11 is 0. The molecule has 0 saturated carbocycles. The number of carbonyl (C=O) groups excluding carboxylic acids is 1. The van der Waals surface area contributed by atoms with Crippen molar-refractivity contribution < 1.29 is 9.63 Å². The lowest BCUT2D eigenvalue weighted by atomic mass is 10.2. The van der Waals surface area contributed by atoms with E-state index in [9.17, 15) is 4.79 Å². The van der Waals surface area contributed by atoms with Crippen LogP contribution in [0.3, 0.4) is 0 Å². The topological polar surface area (TPSA) is 51.2 Å². The third-order valence-electron chi connectivity index (χ3n) is 2.38. The van der Waals surface area contributed by atoms with Crippen molar-refractivity contribution in [3.63, 3.8) is 0 Å². The van der Waals surface area contributed by atoms with Gasteiger partial charge in [-0.1, -0.05) is 30.4 Å². The second-order valence-corrected chi connectivity index (χ2v) is 3.83. The number of carbonyl (C=O) groups is 1. The van der Waals surface area contributed by atoms with Crippen LogP contribution in [0, 0.1) is 0 Å². The zero-order valence-corrected chi connectivity index (χ0v) is 10.5. The van der Waals surface area contributed by atoms with Gasteiger partial charge in [-0.05, 0) is 36.8 Å². The Kier molecular flexibility index (Phi) is 4.29. The number of anilines is 1. The fourth-order valence-corrected chi connectivity index (χ4v) is 1.54. The highest BCUT2D eigenvalue weighted by Gasteiger charge is 2.07. The molecule has 4 nitrogen and oxygen atoms in total. The van der Waals surface area contributed by atoms with E-state index in [4.69, 9.17) is 4.84 Å². The van der Waals surface area contributed by atoms with Gasteiger partial charge in [0.1, 0.15) is 0 Å². The van der Waals surface area contributed by atoms with Crippen LogP contribution in [0.1, 0.15) is 23.0 Å². The van der Waals surface area contributed by atoms with Crippen molar-refractivity contribution >= 4 is 17.7 Å². The van der Waals surface area contributed by atoms with E-state index in [1.165, 1.54) is 0 Å². The van der Waals surface area contributed by atoms with Crippen molar-refractivity contribution in [2.45, 2.75) is 6.92 Å². The zero-order chi connectivity index (χ0) is 13.5. The molecule has 1 N–H and O–H groups in total. The molecular formula is C15H14N2O2. The lowest BCUT2D eigenvalue weighted by Crippen LogP contribution is -2.12. The normalized spacial score (nSPS) is 10.4. The lowest BCUT2D eigenvalue weighted by Gasteiger charge is -2.06. The van der Waals surface area contributed by atoms with Gasteiger partial charge in [-0.25, -0.2) is 15.3 Å². The molecule has 4 heteroatoms.